The van der Waals surface area contributed by atoms with E-state index in [0.29, 0.717) is 12.3 Å². The minimum absolute atomic E-state index is 0.0926. The minimum Gasteiger partial charge on any atom is -0.487 e. The molecule has 1 heterocycles. The zero-order valence-corrected chi connectivity index (χ0v) is 9.20. The SMILES string of the molecule is Fc1c(F)c(F)c(OCCC2CNC2)c(F)c1F. The molecule has 0 amide bonds. The van der Waals surface area contributed by atoms with Gasteiger partial charge in [0.15, 0.2) is 5.75 Å². The second kappa shape index (κ2) is 5.09. The average Bonchev–Trinajstić information content (AvgIpc) is 2.31. The smallest absolute Gasteiger partial charge is 0.206 e. The summed E-state index contributed by atoms with van der Waals surface area (Å²) in [5.74, 6) is -10.9. The zero-order chi connectivity index (χ0) is 13.3. The molecule has 1 aromatic rings. The van der Waals surface area contributed by atoms with Crippen LogP contribution in [0.15, 0.2) is 0 Å². The van der Waals surface area contributed by atoms with Crippen molar-refractivity contribution in [3.8, 4) is 5.75 Å². The van der Waals surface area contributed by atoms with Crippen molar-refractivity contribution < 1.29 is 26.7 Å². The van der Waals surface area contributed by atoms with Crippen LogP contribution in [-0.2, 0) is 0 Å². The summed E-state index contributed by atoms with van der Waals surface area (Å²) in [6.45, 7) is 1.44. The summed E-state index contributed by atoms with van der Waals surface area (Å²) in [7, 11) is 0. The topological polar surface area (TPSA) is 21.3 Å². The number of rotatable bonds is 4. The molecule has 7 heteroatoms. The first kappa shape index (κ1) is 13.1. The third-order valence-electron chi connectivity index (χ3n) is 2.81. The van der Waals surface area contributed by atoms with Gasteiger partial charge in [0.1, 0.15) is 0 Å². The number of hydrogen-bond donors (Lipinski definition) is 1. The van der Waals surface area contributed by atoms with Crippen LogP contribution in [-0.4, -0.2) is 19.7 Å². The molecule has 2 rings (SSSR count). The van der Waals surface area contributed by atoms with Crippen LogP contribution in [0.3, 0.4) is 0 Å². The zero-order valence-electron chi connectivity index (χ0n) is 9.20. The first-order valence-electron chi connectivity index (χ1n) is 5.37. The van der Waals surface area contributed by atoms with Gasteiger partial charge in [0.2, 0.25) is 29.1 Å². The van der Waals surface area contributed by atoms with E-state index < -0.39 is 34.8 Å². The van der Waals surface area contributed by atoms with Gasteiger partial charge in [-0.2, -0.15) is 8.78 Å². The second-order valence-electron chi connectivity index (χ2n) is 4.06. The van der Waals surface area contributed by atoms with Crippen molar-refractivity contribution in [1.29, 1.82) is 0 Å². The van der Waals surface area contributed by atoms with E-state index in [4.69, 9.17) is 0 Å². The van der Waals surface area contributed by atoms with Gasteiger partial charge in [0.25, 0.3) is 0 Å². The van der Waals surface area contributed by atoms with Gasteiger partial charge in [0.05, 0.1) is 6.61 Å². The molecule has 1 aromatic carbocycles. The van der Waals surface area contributed by atoms with Crippen LogP contribution in [0.4, 0.5) is 22.0 Å². The largest absolute Gasteiger partial charge is 0.487 e. The summed E-state index contributed by atoms with van der Waals surface area (Å²) >= 11 is 0. The van der Waals surface area contributed by atoms with Crippen molar-refractivity contribution in [3.05, 3.63) is 29.1 Å². The maximum Gasteiger partial charge on any atom is 0.206 e. The van der Waals surface area contributed by atoms with Crippen molar-refractivity contribution in [2.45, 2.75) is 6.42 Å². The summed E-state index contributed by atoms with van der Waals surface area (Å²) in [4.78, 5) is 0. The summed E-state index contributed by atoms with van der Waals surface area (Å²) in [5, 5.41) is 2.99. The predicted molar refractivity (Wildman–Crippen MR) is 52.7 cm³/mol. The summed E-state index contributed by atoms with van der Waals surface area (Å²) < 4.78 is 69.3. The Balaban J connectivity index is 2.11. The lowest BCUT2D eigenvalue weighted by Gasteiger charge is -2.26. The molecule has 0 aromatic heterocycles. The highest BCUT2D eigenvalue weighted by Gasteiger charge is 2.27. The number of benzene rings is 1. The van der Waals surface area contributed by atoms with Gasteiger partial charge < -0.3 is 10.1 Å². The van der Waals surface area contributed by atoms with Gasteiger partial charge in [-0.25, -0.2) is 13.2 Å². The van der Waals surface area contributed by atoms with E-state index in [0.717, 1.165) is 13.1 Å². The van der Waals surface area contributed by atoms with Crippen molar-refractivity contribution in [1.82, 2.24) is 5.32 Å². The van der Waals surface area contributed by atoms with E-state index in [9.17, 15) is 22.0 Å². The molecule has 0 atom stereocenters. The molecule has 0 spiro atoms. The monoisotopic (exact) mass is 267 g/mol. The molecule has 1 N–H and O–H groups in total. The molecule has 1 aliphatic heterocycles. The van der Waals surface area contributed by atoms with Gasteiger partial charge in [-0.15, -0.1) is 0 Å². The molecular formula is C11H10F5NO. The summed E-state index contributed by atoms with van der Waals surface area (Å²) in [6, 6.07) is 0. The summed E-state index contributed by atoms with van der Waals surface area (Å²) in [5.41, 5.74) is 0. The molecule has 18 heavy (non-hydrogen) atoms. The van der Waals surface area contributed by atoms with Crippen molar-refractivity contribution in [3.63, 3.8) is 0 Å². The summed E-state index contributed by atoms with van der Waals surface area (Å²) in [6.07, 6.45) is 0.493. The van der Waals surface area contributed by atoms with Crippen LogP contribution in [0.1, 0.15) is 6.42 Å². The lowest BCUT2D eigenvalue weighted by molar-refractivity contribution is 0.216. The number of ether oxygens (including phenoxy) is 1. The van der Waals surface area contributed by atoms with Gasteiger partial charge >= 0.3 is 0 Å². The third kappa shape index (κ3) is 2.27. The van der Waals surface area contributed by atoms with Crippen molar-refractivity contribution >= 4 is 0 Å². The molecule has 0 bridgehead atoms. The van der Waals surface area contributed by atoms with E-state index in [2.05, 4.69) is 10.1 Å². The molecule has 1 aliphatic rings. The van der Waals surface area contributed by atoms with Gasteiger partial charge in [-0.1, -0.05) is 0 Å². The van der Waals surface area contributed by atoms with E-state index >= 15 is 0 Å². The Morgan fingerprint density at radius 1 is 0.889 bits per heavy atom. The highest BCUT2D eigenvalue weighted by Crippen LogP contribution is 2.29. The predicted octanol–water partition coefficient (Wildman–Crippen LogP) is 2.37. The minimum atomic E-state index is -2.18. The van der Waals surface area contributed by atoms with Crippen LogP contribution in [0.25, 0.3) is 0 Å². The molecular weight excluding hydrogens is 257 g/mol. The Bertz CT molecular complexity index is 432. The fourth-order valence-electron chi connectivity index (χ4n) is 1.59. The van der Waals surface area contributed by atoms with Crippen LogP contribution < -0.4 is 10.1 Å². The third-order valence-corrected chi connectivity index (χ3v) is 2.81. The fourth-order valence-corrected chi connectivity index (χ4v) is 1.59. The molecule has 1 saturated heterocycles. The molecule has 0 saturated carbocycles. The lowest BCUT2D eigenvalue weighted by atomic mass is 10.0. The second-order valence-corrected chi connectivity index (χ2v) is 4.06. The average molecular weight is 267 g/mol. The fraction of sp³-hybridized carbons (Fsp3) is 0.455. The van der Waals surface area contributed by atoms with E-state index in [-0.39, 0.29) is 6.61 Å². The molecule has 0 unspecified atom stereocenters. The maximum absolute atomic E-state index is 13.2. The van der Waals surface area contributed by atoms with E-state index in [1.165, 1.54) is 0 Å². The van der Waals surface area contributed by atoms with Crippen LogP contribution in [0.5, 0.6) is 5.75 Å². The number of halogens is 5. The molecule has 100 valence electrons. The van der Waals surface area contributed by atoms with Gasteiger partial charge in [-0.05, 0) is 25.4 Å². The Kier molecular flexibility index (Phi) is 3.70. The first-order valence-corrected chi connectivity index (χ1v) is 5.37. The first-order chi connectivity index (χ1) is 8.52. The number of hydrogen-bond acceptors (Lipinski definition) is 2. The highest BCUT2D eigenvalue weighted by atomic mass is 19.2. The lowest BCUT2D eigenvalue weighted by Crippen LogP contribution is -2.42. The van der Waals surface area contributed by atoms with Crippen LogP contribution in [0, 0.1) is 35.0 Å². The molecule has 0 radical (unpaired) electrons. The normalized spacial score (nSPS) is 15.6. The number of nitrogens with one attached hydrogen (secondary N) is 1. The molecule has 1 fully saturated rings. The highest BCUT2D eigenvalue weighted by molar-refractivity contribution is 5.29. The Morgan fingerprint density at radius 3 is 1.83 bits per heavy atom. The standard InChI is InChI=1S/C11H10F5NO/c12-6-7(13)9(15)11(10(16)8(6)14)18-2-1-5-3-17-4-5/h5,17H,1-4H2. The van der Waals surface area contributed by atoms with Crippen molar-refractivity contribution in [2.24, 2.45) is 5.92 Å². The van der Waals surface area contributed by atoms with Gasteiger partial charge in [0, 0.05) is 0 Å². The Hall–Kier alpha value is -1.37. The van der Waals surface area contributed by atoms with Crippen LogP contribution >= 0.6 is 0 Å². The molecule has 2 nitrogen and oxygen atoms in total. The Morgan fingerprint density at radius 2 is 1.39 bits per heavy atom. The molecule has 0 aliphatic carbocycles. The van der Waals surface area contributed by atoms with Crippen LogP contribution in [0.2, 0.25) is 0 Å². The van der Waals surface area contributed by atoms with E-state index in [1.807, 2.05) is 0 Å². The maximum atomic E-state index is 13.2. The quantitative estimate of drug-likeness (QED) is 0.514. The van der Waals surface area contributed by atoms with Gasteiger partial charge in [-0.3, -0.25) is 0 Å². The van der Waals surface area contributed by atoms with Crippen molar-refractivity contribution in [2.75, 3.05) is 19.7 Å². The van der Waals surface area contributed by atoms with E-state index in [1.54, 1.807) is 0 Å². The Labute approximate surface area is 99.7 Å².